The highest BCUT2D eigenvalue weighted by atomic mass is 16.1. The molecule has 5 heteroatoms. The van der Waals surface area contributed by atoms with Gasteiger partial charge in [0.2, 0.25) is 0 Å². The van der Waals surface area contributed by atoms with Gasteiger partial charge in [-0.05, 0) is 54.8 Å². The van der Waals surface area contributed by atoms with E-state index in [-0.39, 0.29) is 5.91 Å². The molecule has 0 atom stereocenters. The Balaban J connectivity index is 1.34. The van der Waals surface area contributed by atoms with Crippen LogP contribution >= 0.6 is 0 Å². The molecule has 2 heterocycles. The first kappa shape index (κ1) is 20.8. The Morgan fingerprint density at radius 2 is 1.82 bits per heavy atom. The van der Waals surface area contributed by atoms with Crippen molar-refractivity contribution in [2.45, 2.75) is 19.9 Å². The van der Waals surface area contributed by atoms with Crippen molar-refractivity contribution < 1.29 is 4.79 Å². The molecule has 1 amide bonds. The van der Waals surface area contributed by atoms with Crippen molar-refractivity contribution in [1.29, 1.82) is 0 Å². The molecule has 5 nitrogen and oxygen atoms in total. The van der Waals surface area contributed by atoms with Gasteiger partial charge in [0, 0.05) is 47.3 Å². The van der Waals surface area contributed by atoms with Crippen LogP contribution in [0.4, 0.5) is 5.69 Å². The molecule has 0 spiro atoms. The number of benzene rings is 3. The summed E-state index contributed by atoms with van der Waals surface area (Å²) in [5.74, 6) is -0.0949. The second-order valence-electron chi connectivity index (χ2n) is 8.32. The first-order valence-corrected chi connectivity index (χ1v) is 11.2. The Labute approximate surface area is 192 Å². The fraction of sp³-hybridized carbons (Fsp3) is 0.143. The maximum Gasteiger partial charge on any atom is 0.251 e. The van der Waals surface area contributed by atoms with Gasteiger partial charge in [0.25, 0.3) is 5.91 Å². The number of carbonyl (C=O) groups is 1. The average Bonchev–Trinajstić information content (AvgIpc) is 3.23. The second kappa shape index (κ2) is 9.17. The fourth-order valence-electron chi connectivity index (χ4n) is 4.09. The normalized spacial score (nSPS) is 11.1. The minimum absolute atomic E-state index is 0.0949. The Bertz CT molecular complexity index is 1410. The van der Waals surface area contributed by atoms with Crippen molar-refractivity contribution in [3.05, 3.63) is 107 Å². The number of hydrogen-bond acceptors (Lipinski definition) is 3. The summed E-state index contributed by atoms with van der Waals surface area (Å²) < 4.78 is 0. The molecule has 0 unspecified atom stereocenters. The summed E-state index contributed by atoms with van der Waals surface area (Å²) in [6.45, 7) is 3.40. The molecule has 0 aliphatic carbocycles. The van der Waals surface area contributed by atoms with Crippen molar-refractivity contribution in [2.24, 2.45) is 0 Å². The van der Waals surface area contributed by atoms with Crippen LogP contribution in [0.1, 0.15) is 27.0 Å². The highest BCUT2D eigenvalue weighted by molar-refractivity contribution is 6.13. The summed E-state index contributed by atoms with van der Waals surface area (Å²) in [5.41, 5.74) is 7.35. The molecule has 164 valence electrons. The SMILES string of the molecule is Cc1ccc(CCNc2cccc3c2[nH]c2ccc(C(=O)NCc4cccnc4)cc23)cc1. The van der Waals surface area contributed by atoms with Gasteiger partial charge in [-0.15, -0.1) is 0 Å². The number of carbonyl (C=O) groups excluding carboxylic acids is 1. The number of nitrogens with zero attached hydrogens (tertiary/aromatic N) is 1. The van der Waals surface area contributed by atoms with Gasteiger partial charge in [-0.1, -0.05) is 48.0 Å². The van der Waals surface area contributed by atoms with E-state index >= 15 is 0 Å². The summed E-state index contributed by atoms with van der Waals surface area (Å²) in [7, 11) is 0. The summed E-state index contributed by atoms with van der Waals surface area (Å²) in [6.07, 6.45) is 4.44. The molecule has 0 fully saturated rings. The summed E-state index contributed by atoms with van der Waals surface area (Å²) in [6, 6.07) is 24.5. The number of amides is 1. The van der Waals surface area contributed by atoms with Crippen LogP contribution < -0.4 is 10.6 Å². The third kappa shape index (κ3) is 4.58. The van der Waals surface area contributed by atoms with E-state index < -0.39 is 0 Å². The first-order valence-electron chi connectivity index (χ1n) is 11.2. The van der Waals surface area contributed by atoms with Gasteiger partial charge in [0.15, 0.2) is 0 Å². The molecule has 0 radical (unpaired) electrons. The molecular weight excluding hydrogens is 408 g/mol. The molecule has 5 aromatic rings. The van der Waals surface area contributed by atoms with Gasteiger partial charge < -0.3 is 15.6 Å². The van der Waals surface area contributed by atoms with E-state index in [2.05, 4.69) is 70.0 Å². The lowest BCUT2D eigenvalue weighted by atomic mass is 10.1. The Morgan fingerprint density at radius 1 is 0.939 bits per heavy atom. The number of aryl methyl sites for hydroxylation is 1. The largest absolute Gasteiger partial charge is 0.383 e. The smallest absolute Gasteiger partial charge is 0.251 e. The quantitative estimate of drug-likeness (QED) is 0.312. The van der Waals surface area contributed by atoms with E-state index in [1.54, 1.807) is 12.4 Å². The molecule has 5 rings (SSSR count). The number of aromatic amines is 1. The third-order valence-electron chi connectivity index (χ3n) is 5.92. The van der Waals surface area contributed by atoms with Gasteiger partial charge in [0.05, 0.1) is 11.2 Å². The zero-order valence-electron chi connectivity index (χ0n) is 18.6. The van der Waals surface area contributed by atoms with Crippen LogP contribution in [0.15, 0.2) is 85.2 Å². The Kier molecular flexibility index (Phi) is 5.77. The van der Waals surface area contributed by atoms with E-state index in [0.29, 0.717) is 12.1 Å². The minimum Gasteiger partial charge on any atom is -0.383 e. The fourth-order valence-corrected chi connectivity index (χ4v) is 4.09. The molecule has 3 N–H and O–H groups in total. The molecule has 33 heavy (non-hydrogen) atoms. The first-order chi connectivity index (χ1) is 16.2. The van der Waals surface area contributed by atoms with Crippen molar-refractivity contribution in [3.63, 3.8) is 0 Å². The maximum absolute atomic E-state index is 12.7. The highest BCUT2D eigenvalue weighted by Crippen LogP contribution is 2.31. The van der Waals surface area contributed by atoms with Crippen LogP contribution in [0, 0.1) is 6.92 Å². The number of anilines is 1. The molecule has 0 bridgehead atoms. The van der Waals surface area contributed by atoms with Crippen LogP contribution in [0.5, 0.6) is 0 Å². The number of aromatic nitrogens is 2. The topological polar surface area (TPSA) is 69.8 Å². The number of nitrogens with one attached hydrogen (secondary N) is 3. The number of para-hydroxylation sites is 1. The molecule has 0 aliphatic heterocycles. The molecule has 0 saturated heterocycles. The second-order valence-corrected chi connectivity index (χ2v) is 8.32. The van der Waals surface area contributed by atoms with E-state index in [1.807, 2.05) is 30.3 Å². The molecule has 0 aliphatic rings. The van der Waals surface area contributed by atoms with E-state index in [4.69, 9.17) is 0 Å². The number of fused-ring (bicyclic) bond motifs is 3. The zero-order valence-corrected chi connectivity index (χ0v) is 18.6. The Hall–Kier alpha value is -4.12. The van der Waals surface area contributed by atoms with Crippen LogP contribution in [-0.2, 0) is 13.0 Å². The predicted molar refractivity (Wildman–Crippen MR) is 135 cm³/mol. The number of rotatable bonds is 7. The van der Waals surface area contributed by atoms with Crippen LogP contribution in [0.3, 0.4) is 0 Å². The summed E-state index contributed by atoms with van der Waals surface area (Å²) in [5, 5.41) is 8.69. The van der Waals surface area contributed by atoms with Crippen molar-refractivity contribution in [1.82, 2.24) is 15.3 Å². The van der Waals surface area contributed by atoms with E-state index in [9.17, 15) is 4.79 Å². The average molecular weight is 435 g/mol. The summed E-state index contributed by atoms with van der Waals surface area (Å²) >= 11 is 0. The van der Waals surface area contributed by atoms with Crippen LogP contribution in [0.25, 0.3) is 21.8 Å². The highest BCUT2D eigenvalue weighted by Gasteiger charge is 2.12. The van der Waals surface area contributed by atoms with Crippen molar-refractivity contribution in [2.75, 3.05) is 11.9 Å². The lowest BCUT2D eigenvalue weighted by Crippen LogP contribution is -2.22. The number of H-pyrrole nitrogens is 1. The standard InChI is InChI=1S/C28H26N4O/c1-19-7-9-20(10-8-19)13-15-30-26-6-2-5-23-24-16-22(11-12-25(24)32-27(23)26)28(33)31-18-21-4-3-14-29-17-21/h2-12,14,16-17,30,32H,13,15,18H2,1H3,(H,31,33). The molecule has 2 aromatic heterocycles. The monoisotopic (exact) mass is 434 g/mol. The number of hydrogen-bond donors (Lipinski definition) is 3. The molecule has 0 saturated carbocycles. The van der Waals surface area contributed by atoms with Gasteiger partial charge in [-0.2, -0.15) is 0 Å². The van der Waals surface area contributed by atoms with Gasteiger partial charge in [0.1, 0.15) is 0 Å². The third-order valence-corrected chi connectivity index (χ3v) is 5.92. The maximum atomic E-state index is 12.7. The van der Waals surface area contributed by atoms with Crippen molar-refractivity contribution in [3.8, 4) is 0 Å². The lowest BCUT2D eigenvalue weighted by molar-refractivity contribution is 0.0951. The van der Waals surface area contributed by atoms with E-state index in [1.165, 1.54) is 11.1 Å². The van der Waals surface area contributed by atoms with Gasteiger partial charge >= 0.3 is 0 Å². The Morgan fingerprint density at radius 3 is 2.64 bits per heavy atom. The molecule has 3 aromatic carbocycles. The van der Waals surface area contributed by atoms with Gasteiger partial charge in [-0.3, -0.25) is 9.78 Å². The lowest BCUT2D eigenvalue weighted by Gasteiger charge is -2.08. The zero-order chi connectivity index (χ0) is 22.6. The number of pyridine rings is 1. The minimum atomic E-state index is -0.0949. The van der Waals surface area contributed by atoms with E-state index in [0.717, 1.165) is 46.0 Å². The van der Waals surface area contributed by atoms with Gasteiger partial charge in [-0.25, -0.2) is 0 Å². The van der Waals surface area contributed by atoms with Crippen LogP contribution in [-0.4, -0.2) is 22.4 Å². The van der Waals surface area contributed by atoms with Crippen LogP contribution in [0.2, 0.25) is 0 Å². The summed E-state index contributed by atoms with van der Waals surface area (Å²) in [4.78, 5) is 20.3. The van der Waals surface area contributed by atoms with Crippen molar-refractivity contribution >= 4 is 33.4 Å². The molecular formula is C28H26N4O. The predicted octanol–water partition coefficient (Wildman–Crippen LogP) is 5.61.